The predicted octanol–water partition coefficient (Wildman–Crippen LogP) is 3.79. The summed E-state index contributed by atoms with van der Waals surface area (Å²) in [6.45, 7) is 7.20. The van der Waals surface area contributed by atoms with Gasteiger partial charge in [-0.1, -0.05) is 49.1 Å². The Morgan fingerprint density at radius 3 is 2.82 bits per heavy atom. The topological polar surface area (TPSA) is 3.24 Å². The van der Waals surface area contributed by atoms with Crippen molar-refractivity contribution in [1.29, 1.82) is 0 Å². The van der Waals surface area contributed by atoms with E-state index in [-0.39, 0.29) is 5.41 Å². The summed E-state index contributed by atoms with van der Waals surface area (Å²) in [5.41, 5.74) is 4.03. The highest BCUT2D eigenvalue weighted by Crippen LogP contribution is 2.46. The third-order valence-corrected chi connectivity index (χ3v) is 3.78. The van der Waals surface area contributed by atoms with Crippen LogP contribution in [0.25, 0.3) is 0 Å². The SMILES string of the molecule is C=C(C)N1CC2(C=CC=CC2)c2ccccc21. The minimum atomic E-state index is 0.157. The zero-order chi connectivity index (χ0) is 11.9. The fraction of sp³-hybridized carbons (Fsp3) is 0.250. The van der Waals surface area contributed by atoms with Gasteiger partial charge >= 0.3 is 0 Å². The summed E-state index contributed by atoms with van der Waals surface area (Å²) < 4.78 is 0. The van der Waals surface area contributed by atoms with E-state index in [1.165, 1.54) is 11.3 Å². The van der Waals surface area contributed by atoms with Gasteiger partial charge in [-0.15, -0.1) is 0 Å². The van der Waals surface area contributed by atoms with Crippen molar-refractivity contribution in [3.05, 3.63) is 66.4 Å². The van der Waals surface area contributed by atoms with Crippen molar-refractivity contribution < 1.29 is 0 Å². The van der Waals surface area contributed by atoms with Gasteiger partial charge in [0.25, 0.3) is 0 Å². The summed E-state index contributed by atoms with van der Waals surface area (Å²) >= 11 is 0. The van der Waals surface area contributed by atoms with Gasteiger partial charge in [-0.25, -0.2) is 0 Å². The molecular formula is C16H17N. The first-order valence-electron chi connectivity index (χ1n) is 6.10. The fourth-order valence-corrected chi connectivity index (χ4v) is 2.90. The second kappa shape index (κ2) is 3.63. The van der Waals surface area contributed by atoms with E-state index in [4.69, 9.17) is 0 Å². The van der Waals surface area contributed by atoms with Crippen LogP contribution in [0.1, 0.15) is 18.9 Å². The molecule has 0 saturated heterocycles. The van der Waals surface area contributed by atoms with Crippen LogP contribution in [0.3, 0.4) is 0 Å². The molecule has 0 N–H and O–H groups in total. The first-order chi connectivity index (χ1) is 8.23. The summed E-state index contributed by atoms with van der Waals surface area (Å²) in [6, 6.07) is 8.69. The van der Waals surface area contributed by atoms with E-state index < -0.39 is 0 Å². The molecule has 0 fully saturated rings. The molecule has 1 heteroatoms. The van der Waals surface area contributed by atoms with Crippen molar-refractivity contribution in [2.24, 2.45) is 0 Å². The summed E-state index contributed by atoms with van der Waals surface area (Å²) in [6.07, 6.45) is 10.00. The van der Waals surface area contributed by atoms with Crippen LogP contribution in [0.5, 0.6) is 0 Å². The van der Waals surface area contributed by atoms with Crippen molar-refractivity contribution in [1.82, 2.24) is 0 Å². The Labute approximate surface area is 103 Å². The molecule has 1 spiro atoms. The van der Waals surface area contributed by atoms with Crippen LogP contribution >= 0.6 is 0 Å². The molecule has 0 aromatic heterocycles. The van der Waals surface area contributed by atoms with Crippen molar-refractivity contribution in [2.75, 3.05) is 11.4 Å². The number of rotatable bonds is 1. The van der Waals surface area contributed by atoms with E-state index in [0.717, 1.165) is 18.7 Å². The highest BCUT2D eigenvalue weighted by molar-refractivity contribution is 5.67. The molecular weight excluding hydrogens is 206 g/mol. The van der Waals surface area contributed by atoms with Gasteiger partial charge in [-0.05, 0) is 25.0 Å². The van der Waals surface area contributed by atoms with Gasteiger partial charge in [0.05, 0.1) is 0 Å². The van der Waals surface area contributed by atoms with E-state index in [1.54, 1.807) is 0 Å². The number of fused-ring (bicyclic) bond motifs is 2. The van der Waals surface area contributed by atoms with E-state index in [9.17, 15) is 0 Å². The van der Waals surface area contributed by atoms with Gasteiger partial charge in [0, 0.05) is 23.3 Å². The molecule has 1 aliphatic carbocycles. The molecule has 0 saturated carbocycles. The number of para-hydroxylation sites is 1. The molecule has 3 rings (SSSR count). The summed E-state index contributed by atoms with van der Waals surface area (Å²) in [4.78, 5) is 2.33. The van der Waals surface area contributed by atoms with Crippen LogP contribution in [-0.2, 0) is 5.41 Å². The van der Waals surface area contributed by atoms with Crippen LogP contribution < -0.4 is 4.90 Å². The zero-order valence-corrected chi connectivity index (χ0v) is 10.2. The Morgan fingerprint density at radius 1 is 1.29 bits per heavy atom. The lowest BCUT2D eigenvalue weighted by molar-refractivity contribution is 0.574. The second-order valence-electron chi connectivity index (χ2n) is 4.99. The Hall–Kier alpha value is -1.76. The normalized spacial score (nSPS) is 25.4. The second-order valence-corrected chi connectivity index (χ2v) is 4.99. The minimum Gasteiger partial charge on any atom is -0.345 e. The van der Waals surface area contributed by atoms with Crippen LogP contribution in [-0.4, -0.2) is 6.54 Å². The number of benzene rings is 1. The van der Waals surface area contributed by atoms with Gasteiger partial charge in [0.2, 0.25) is 0 Å². The molecule has 2 aliphatic rings. The molecule has 1 aromatic rings. The van der Waals surface area contributed by atoms with Crippen LogP contribution in [0.4, 0.5) is 5.69 Å². The Morgan fingerprint density at radius 2 is 2.12 bits per heavy atom. The molecule has 0 radical (unpaired) electrons. The molecule has 1 atom stereocenters. The predicted molar refractivity (Wildman–Crippen MR) is 73.2 cm³/mol. The Bertz CT molecular complexity index is 524. The van der Waals surface area contributed by atoms with Crippen molar-refractivity contribution >= 4 is 5.69 Å². The third-order valence-electron chi connectivity index (χ3n) is 3.78. The molecule has 0 amide bonds. The van der Waals surface area contributed by atoms with Crippen molar-refractivity contribution in [3.8, 4) is 0 Å². The Balaban J connectivity index is 2.14. The van der Waals surface area contributed by atoms with E-state index in [2.05, 4.69) is 67.0 Å². The van der Waals surface area contributed by atoms with E-state index in [0.29, 0.717) is 0 Å². The average molecular weight is 223 g/mol. The maximum Gasteiger partial charge on any atom is 0.0450 e. The van der Waals surface area contributed by atoms with Gasteiger partial charge in [-0.2, -0.15) is 0 Å². The zero-order valence-electron chi connectivity index (χ0n) is 10.2. The number of hydrogen-bond acceptors (Lipinski definition) is 1. The average Bonchev–Trinajstić information content (AvgIpc) is 2.66. The van der Waals surface area contributed by atoms with E-state index in [1.807, 2.05) is 0 Å². The third kappa shape index (κ3) is 1.46. The highest BCUT2D eigenvalue weighted by Gasteiger charge is 2.40. The molecule has 1 aromatic carbocycles. The molecule has 0 bridgehead atoms. The molecule has 1 nitrogen and oxygen atoms in total. The van der Waals surface area contributed by atoms with Crippen LogP contribution in [0.15, 0.2) is 60.8 Å². The van der Waals surface area contributed by atoms with Crippen molar-refractivity contribution in [2.45, 2.75) is 18.8 Å². The summed E-state index contributed by atoms with van der Waals surface area (Å²) in [5.74, 6) is 0. The number of nitrogens with zero attached hydrogens (tertiary/aromatic N) is 1. The molecule has 1 heterocycles. The van der Waals surface area contributed by atoms with Crippen LogP contribution in [0, 0.1) is 0 Å². The lowest BCUT2D eigenvalue weighted by Crippen LogP contribution is -2.31. The number of hydrogen-bond donors (Lipinski definition) is 0. The Kier molecular flexibility index (Phi) is 2.22. The van der Waals surface area contributed by atoms with Gasteiger partial charge in [-0.3, -0.25) is 0 Å². The summed E-state index contributed by atoms with van der Waals surface area (Å²) in [5, 5.41) is 0. The molecule has 17 heavy (non-hydrogen) atoms. The van der Waals surface area contributed by atoms with Gasteiger partial charge < -0.3 is 4.90 Å². The molecule has 1 unspecified atom stereocenters. The lowest BCUT2D eigenvalue weighted by Gasteiger charge is -2.28. The quantitative estimate of drug-likeness (QED) is 0.700. The standard InChI is InChI=1S/C16H17N/c1-13(2)17-12-16(10-6-3-7-11-16)14-8-4-5-9-15(14)17/h3-10H,1,11-12H2,2H3. The van der Waals surface area contributed by atoms with Gasteiger partial charge in [0.15, 0.2) is 0 Å². The number of anilines is 1. The minimum absolute atomic E-state index is 0.157. The van der Waals surface area contributed by atoms with Gasteiger partial charge in [0.1, 0.15) is 0 Å². The fourth-order valence-electron chi connectivity index (χ4n) is 2.90. The van der Waals surface area contributed by atoms with Crippen molar-refractivity contribution in [3.63, 3.8) is 0 Å². The monoisotopic (exact) mass is 223 g/mol. The first kappa shape index (κ1) is 10.4. The van der Waals surface area contributed by atoms with E-state index >= 15 is 0 Å². The van der Waals surface area contributed by atoms with Crippen LogP contribution in [0.2, 0.25) is 0 Å². The molecule has 86 valence electrons. The largest absolute Gasteiger partial charge is 0.345 e. The molecule has 1 aliphatic heterocycles. The maximum absolute atomic E-state index is 4.10. The lowest BCUT2D eigenvalue weighted by atomic mass is 9.77. The smallest absolute Gasteiger partial charge is 0.0450 e. The first-order valence-corrected chi connectivity index (χ1v) is 6.10. The number of allylic oxidation sites excluding steroid dienone is 4. The summed E-state index contributed by atoms with van der Waals surface area (Å²) in [7, 11) is 0. The maximum atomic E-state index is 4.10. The highest BCUT2D eigenvalue weighted by atomic mass is 15.2.